The largest absolute Gasteiger partial charge is 0.467 e. The van der Waals surface area contributed by atoms with E-state index in [-0.39, 0.29) is 11.3 Å². The Hall–Kier alpha value is -3.50. The number of nitrogens with one attached hydrogen (secondary N) is 1. The smallest absolute Gasteiger partial charge is 0.259 e. The van der Waals surface area contributed by atoms with E-state index in [1.807, 2.05) is 41.8 Å². The molecule has 0 amide bonds. The molecule has 4 heterocycles. The third-order valence-electron chi connectivity index (χ3n) is 5.39. The highest BCUT2D eigenvalue weighted by Gasteiger charge is 2.19. The quantitative estimate of drug-likeness (QED) is 0.252. The van der Waals surface area contributed by atoms with E-state index in [1.54, 1.807) is 13.2 Å². The Morgan fingerprint density at radius 1 is 1.21 bits per heavy atom. The maximum atomic E-state index is 12.7. The number of aryl methyl sites for hydroxylation is 2. The summed E-state index contributed by atoms with van der Waals surface area (Å²) in [5.41, 5.74) is 2.54. The molecule has 1 N–H and O–H groups in total. The van der Waals surface area contributed by atoms with Gasteiger partial charge in [0.25, 0.3) is 5.56 Å². The van der Waals surface area contributed by atoms with Gasteiger partial charge in [0.05, 0.1) is 28.8 Å². The summed E-state index contributed by atoms with van der Waals surface area (Å²) in [5.74, 6) is 2.37. The second-order valence-electron chi connectivity index (χ2n) is 7.93. The molecule has 0 aliphatic rings. The summed E-state index contributed by atoms with van der Waals surface area (Å²) in [6.45, 7) is 5.79. The maximum Gasteiger partial charge on any atom is 0.259 e. The number of furan rings is 1. The highest BCUT2D eigenvalue weighted by molar-refractivity contribution is 7.98. The SMILES string of the molecule is CC(=O)c1sc2nc(CSc3nnc(-c4cccc(C)c4)n3Cc3ccco3)[nH]c(=O)c2c1C. The zero-order valence-electron chi connectivity index (χ0n) is 18.8. The molecule has 172 valence electrons. The molecule has 0 spiro atoms. The minimum Gasteiger partial charge on any atom is -0.467 e. The van der Waals surface area contributed by atoms with Crippen molar-refractivity contribution in [1.29, 1.82) is 0 Å². The van der Waals surface area contributed by atoms with Crippen LogP contribution in [0.5, 0.6) is 0 Å². The molecule has 0 unspecified atom stereocenters. The van der Waals surface area contributed by atoms with Gasteiger partial charge in [-0.25, -0.2) is 4.98 Å². The molecule has 0 bridgehead atoms. The van der Waals surface area contributed by atoms with Crippen molar-refractivity contribution in [3.05, 3.63) is 80.6 Å². The van der Waals surface area contributed by atoms with Crippen LogP contribution in [0.1, 0.15) is 39.3 Å². The molecule has 8 nitrogen and oxygen atoms in total. The fourth-order valence-corrected chi connectivity index (χ4v) is 5.72. The van der Waals surface area contributed by atoms with E-state index in [9.17, 15) is 9.59 Å². The van der Waals surface area contributed by atoms with E-state index in [4.69, 9.17) is 4.42 Å². The van der Waals surface area contributed by atoms with Crippen molar-refractivity contribution in [2.45, 2.75) is 38.2 Å². The summed E-state index contributed by atoms with van der Waals surface area (Å²) < 4.78 is 7.56. The molecule has 0 aliphatic carbocycles. The van der Waals surface area contributed by atoms with Gasteiger partial charge in [0.2, 0.25) is 0 Å². The van der Waals surface area contributed by atoms with Crippen molar-refractivity contribution in [1.82, 2.24) is 24.7 Å². The molecule has 0 fully saturated rings. The minimum absolute atomic E-state index is 0.0643. The van der Waals surface area contributed by atoms with Gasteiger partial charge in [0, 0.05) is 5.56 Å². The van der Waals surface area contributed by atoms with Crippen LogP contribution < -0.4 is 5.56 Å². The van der Waals surface area contributed by atoms with Gasteiger partial charge in [-0.2, -0.15) is 0 Å². The third-order valence-corrected chi connectivity index (χ3v) is 7.66. The van der Waals surface area contributed by atoms with Crippen LogP contribution >= 0.6 is 23.1 Å². The van der Waals surface area contributed by atoms with Crippen LogP contribution in [-0.4, -0.2) is 30.5 Å². The molecular formula is C24H21N5O3S2. The van der Waals surface area contributed by atoms with Crippen LogP contribution in [-0.2, 0) is 12.3 Å². The van der Waals surface area contributed by atoms with E-state index >= 15 is 0 Å². The average Bonchev–Trinajstić information content (AvgIpc) is 3.52. The first-order valence-corrected chi connectivity index (χ1v) is 12.4. The number of hydrogen-bond acceptors (Lipinski definition) is 8. The first-order chi connectivity index (χ1) is 16.4. The van der Waals surface area contributed by atoms with Gasteiger partial charge in [0.1, 0.15) is 16.4 Å². The highest BCUT2D eigenvalue weighted by atomic mass is 32.2. The van der Waals surface area contributed by atoms with Crippen LogP contribution in [0.2, 0.25) is 0 Å². The van der Waals surface area contributed by atoms with Gasteiger partial charge in [-0.1, -0.05) is 35.5 Å². The molecular weight excluding hydrogens is 470 g/mol. The number of nitrogens with zero attached hydrogens (tertiary/aromatic N) is 4. The number of H-pyrrole nitrogens is 1. The lowest BCUT2D eigenvalue weighted by Gasteiger charge is -2.09. The maximum absolute atomic E-state index is 12.7. The van der Waals surface area contributed by atoms with Gasteiger partial charge < -0.3 is 9.40 Å². The molecule has 4 aromatic heterocycles. The second-order valence-corrected chi connectivity index (χ2v) is 9.88. The van der Waals surface area contributed by atoms with Crippen molar-refractivity contribution < 1.29 is 9.21 Å². The number of carbonyl (C=O) groups is 1. The lowest BCUT2D eigenvalue weighted by molar-refractivity contribution is 0.102. The number of carbonyl (C=O) groups excluding carboxylic acids is 1. The molecule has 5 rings (SSSR count). The fraction of sp³-hybridized carbons (Fsp3) is 0.208. The minimum atomic E-state index is -0.237. The van der Waals surface area contributed by atoms with Crippen molar-refractivity contribution in [3.63, 3.8) is 0 Å². The first kappa shape index (κ1) is 22.3. The summed E-state index contributed by atoms with van der Waals surface area (Å²) >= 11 is 2.68. The van der Waals surface area contributed by atoms with Crippen LogP contribution in [0.4, 0.5) is 0 Å². The summed E-state index contributed by atoms with van der Waals surface area (Å²) in [7, 11) is 0. The van der Waals surface area contributed by atoms with E-state index in [2.05, 4.69) is 26.2 Å². The summed E-state index contributed by atoms with van der Waals surface area (Å²) in [6.07, 6.45) is 1.64. The number of thiophene rings is 1. The fourth-order valence-electron chi connectivity index (χ4n) is 3.82. The number of benzene rings is 1. The summed E-state index contributed by atoms with van der Waals surface area (Å²) in [5, 5.41) is 10.0. The van der Waals surface area contributed by atoms with E-state index < -0.39 is 0 Å². The average molecular weight is 492 g/mol. The zero-order valence-corrected chi connectivity index (χ0v) is 20.4. The number of thioether (sulfide) groups is 1. The molecule has 0 radical (unpaired) electrons. The van der Waals surface area contributed by atoms with E-state index in [0.717, 1.165) is 22.7 Å². The Kier molecular flexibility index (Phi) is 5.93. The first-order valence-electron chi connectivity index (χ1n) is 10.6. The molecule has 0 aliphatic heterocycles. The highest BCUT2D eigenvalue weighted by Crippen LogP contribution is 2.30. The van der Waals surface area contributed by atoms with Gasteiger partial charge in [-0.05, 0) is 44.5 Å². The number of rotatable bonds is 7. The molecule has 5 aromatic rings. The lowest BCUT2D eigenvalue weighted by atomic mass is 10.1. The standard InChI is InChI=1S/C24H21N5O3S2/c1-13-6-4-7-16(10-13)21-27-28-24(29(21)11-17-8-5-9-32-17)33-12-18-25-22(31)19-14(2)20(15(3)30)34-23(19)26-18/h4-10H,11-12H2,1-3H3,(H,25,26,31). The Morgan fingerprint density at radius 2 is 2.06 bits per heavy atom. The van der Waals surface area contributed by atoms with Crippen LogP contribution in [0.15, 0.2) is 57.0 Å². The second kappa shape index (κ2) is 9.03. The number of Topliss-reactive ketones (excluding diaryl/α,β-unsaturated/α-hetero) is 1. The van der Waals surface area contributed by atoms with Crippen LogP contribution in [0.25, 0.3) is 21.6 Å². The Morgan fingerprint density at radius 3 is 2.79 bits per heavy atom. The Balaban J connectivity index is 1.48. The third kappa shape index (κ3) is 4.22. The van der Waals surface area contributed by atoms with Crippen molar-refractivity contribution in [2.75, 3.05) is 0 Å². The lowest BCUT2D eigenvalue weighted by Crippen LogP contribution is -2.11. The van der Waals surface area contributed by atoms with Crippen LogP contribution in [0, 0.1) is 13.8 Å². The molecule has 0 atom stereocenters. The Bertz CT molecular complexity index is 1560. The van der Waals surface area contributed by atoms with Crippen molar-refractivity contribution in [2.24, 2.45) is 0 Å². The number of aromatic nitrogens is 5. The Labute approximate surface area is 203 Å². The van der Waals surface area contributed by atoms with Gasteiger partial charge in [-0.3, -0.25) is 14.2 Å². The predicted molar refractivity (Wildman–Crippen MR) is 133 cm³/mol. The molecule has 0 saturated heterocycles. The van der Waals surface area contributed by atoms with E-state index in [1.165, 1.54) is 30.0 Å². The van der Waals surface area contributed by atoms with Crippen molar-refractivity contribution >= 4 is 39.1 Å². The van der Waals surface area contributed by atoms with Crippen molar-refractivity contribution in [3.8, 4) is 11.4 Å². The summed E-state index contributed by atoms with van der Waals surface area (Å²) in [4.78, 5) is 33.2. The monoisotopic (exact) mass is 491 g/mol. The molecule has 34 heavy (non-hydrogen) atoms. The summed E-state index contributed by atoms with van der Waals surface area (Å²) in [6, 6.07) is 11.9. The topological polar surface area (TPSA) is 107 Å². The van der Waals surface area contributed by atoms with E-state index in [0.29, 0.717) is 43.9 Å². The van der Waals surface area contributed by atoms with Crippen LogP contribution in [0.3, 0.4) is 0 Å². The van der Waals surface area contributed by atoms with Gasteiger partial charge >= 0.3 is 0 Å². The zero-order chi connectivity index (χ0) is 23.8. The number of aromatic amines is 1. The molecule has 1 aromatic carbocycles. The normalized spacial score (nSPS) is 11.4. The number of hydrogen-bond donors (Lipinski definition) is 1. The number of fused-ring (bicyclic) bond motifs is 1. The molecule has 0 saturated carbocycles. The molecule has 10 heteroatoms. The predicted octanol–water partition coefficient (Wildman–Crippen LogP) is 5.00. The number of ketones is 1. The van der Waals surface area contributed by atoms with Gasteiger partial charge in [-0.15, -0.1) is 21.5 Å². The van der Waals surface area contributed by atoms with Gasteiger partial charge in [0.15, 0.2) is 16.8 Å².